The Hall–Kier alpha value is -1.99. The predicted molar refractivity (Wildman–Crippen MR) is 84.5 cm³/mol. The number of hydrogen-bond acceptors (Lipinski definition) is 6. The number of nitrogens with one attached hydrogen (secondary N) is 1. The van der Waals surface area contributed by atoms with E-state index < -0.39 is 0 Å². The molecule has 0 bridgehead atoms. The van der Waals surface area contributed by atoms with E-state index in [4.69, 9.17) is 0 Å². The Morgan fingerprint density at radius 3 is 2.90 bits per heavy atom. The topological polar surface area (TPSA) is 68.3 Å². The maximum absolute atomic E-state index is 11.4. The quantitative estimate of drug-likeness (QED) is 0.859. The molecule has 2 aromatic heterocycles. The summed E-state index contributed by atoms with van der Waals surface area (Å²) in [4.78, 5) is 28.8. The van der Waals surface area contributed by atoms with E-state index in [0.717, 1.165) is 15.4 Å². The Kier molecular flexibility index (Phi) is 5.24. The molecule has 0 spiro atoms. The van der Waals surface area contributed by atoms with E-state index in [1.807, 2.05) is 29.7 Å². The van der Waals surface area contributed by atoms with Crippen LogP contribution in [-0.4, -0.2) is 31.0 Å². The lowest BCUT2D eigenvalue weighted by atomic mass is 10.3. The van der Waals surface area contributed by atoms with Gasteiger partial charge in [0.2, 0.25) is 0 Å². The van der Waals surface area contributed by atoms with E-state index in [2.05, 4.69) is 15.0 Å². The number of esters is 1. The van der Waals surface area contributed by atoms with Crippen molar-refractivity contribution in [2.24, 2.45) is 0 Å². The molecule has 0 atom stereocenters. The lowest BCUT2D eigenvalue weighted by molar-refractivity contribution is -0.139. The normalized spacial score (nSPS) is 10.8. The van der Waals surface area contributed by atoms with Crippen LogP contribution in [0.25, 0.3) is 12.2 Å². The number of rotatable bonds is 5. The van der Waals surface area contributed by atoms with Gasteiger partial charge in [0.25, 0.3) is 5.91 Å². The summed E-state index contributed by atoms with van der Waals surface area (Å²) in [5.74, 6) is -0.432. The summed E-state index contributed by atoms with van der Waals surface area (Å²) >= 11 is 2.82. The molecule has 0 aliphatic heterocycles. The zero-order valence-corrected chi connectivity index (χ0v) is 13.2. The lowest BCUT2D eigenvalue weighted by Crippen LogP contribution is -2.17. The Balaban J connectivity index is 2.02. The second-order valence-electron chi connectivity index (χ2n) is 4.05. The molecule has 0 radical (unpaired) electrons. The van der Waals surface area contributed by atoms with Gasteiger partial charge in [-0.05, 0) is 24.3 Å². The van der Waals surface area contributed by atoms with Crippen LogP contribution >= 0.6 is 22.7 Å². The molecule has 1 amide bonds. The summed E-state index contributed by atoms with van der Waals surface area (Å²) in [6, 6.07) is 3.84. The fourth-order valence-corrected chi connectivity index (χ4v) is 3.17. The van der Waals surface area contributed by atoms with Gasteiger partial charge in [0.15, 0.2) is 5.01 Å². The number of nitrogens with zero attached hydrogens (tertiary/aromatic N) is 1. The second kappa shape index (κ2) is 7.14. The van der Waals surface area contributed by atoms with Gasteiger partial charge in [-0.3, -0.25) is 9.59 Å². The number of thiazole rings is 1. The molecule has 110 valence electrons. The smallest absolute Gasteiger partial charge is 0.310 e. The average Bonchev–Trinajstić information content (AvgIpc) is 3.13. The average molecular weight is 322 g/mol. The molecule has 2 aromatic rings. The van der Waals surface area contributed by atoms with Crippen molar-refractivity contribution in [3.05, 3.63) is 38.0 Å². The van der Waals surface area contributed by atoms with Crippen LogP contribution in [0, 0.1) is 0 Å². The highest BCUT2D eigenvalue weighted by Gasteiger charge is 2.08. The van der Waals surface area contributed by atoms with E-state index >= 15 is 0 Å². The first kappa shape index (κ1) is 15.4. The number of ether oxygens (including phenoxy) is 1. The fourth-order valence-electron chi connectivity index (χ4n) is 1.53. The number of thiophene rings is 1. The Labute approximate surface area is 130 Å². The van der Waals surface area contributed by atoms with Gasteiger partial charge in [-0.25, -0.2) is 4.98 Å². The summed E-state index contributed by atoms with van der Waals surface area (Å²) < 4.78 is 4.63. The van der Waals surface area contributed by atoms with Gasteiger partial charge in [-0.15, -0.1) is 22.7 Å². The van der Waals surface area contributed by atoms with E-state index in [0.29, 0.717) is 5.01 Å². The molecule has 0 fully saturated rings. The van der Waals surface area contributed by atoms with Crippen molar-refractivity contribution >= 4 is 46.7 Å². The van der Waals surface area contributed by atoms with Crippen molar-refractivity contribution in [2.45, 2.75) is 6.42 Å². The minimum Gasteiger partial charge on any atom is -0.469 e. The number of methoxy groups -OCH3 is 1. The van der Waals surface area contributed by atoms with Gasteiger partial charge >= 0.3 is 5.97 Å². The number of carbonyl (C=O) groups excluding carboxylic acids is 2. The molecular formula is C14H14N2O3S2. The van der Waals surface area contributed by atoms with Crippen molar-refractivity contribution in [2.75, 3.05) is 14.2 Å². The first-order valence-corrected chi connectivity index (χ1v) is 7.83. The zero-order chi connectivity index (χ0) is 15.2. The molecular weight excluding hydrogens is 308 g/mol. The van der Waals surface area contributed by atoms with Gasteiger partial charge in [0.05, 0.1) is 19.2 Å². The molecule has 21 heavy (non-hydrogen) atoms. The van der Waals surface area contributed by atoms with E-state index in [1.54, 1.807) is 7.05 Å². The van der Waals surface area contributed by atoms with Gasteiger partial charge in [0.1, 0.15) is 0 Å². The first-order valence-electron chi connectivity index (χ1n) is 6.13. The number of hydrogen-bond donors (Lipinski definition) is 1. The van der Waals surface area contributed by atoms with E-state index in [9.17, 15) is 9.59 Å². The third-order valence-corrected chi connectivity index (χ3v) is 4.50. The number of amides is 1. The van der Waals surface area contributed by atoms with Crippen LogP contribution in [-0.2, 0) is 16.0 Å². The summed E-state index contributed by atoms with van der Waals surface area (Å²) in [6.45, 7) is 0. The van der Waals surface area contributed by atoms with Crippen LogP contribution < -0.4 is 5.32 Å². The standard InChI is InChI=1S/C14H14N2O3S2/c1-15-13(18)14-16-9(8-20-14)3-4-10-5-6-11(21-10)7-12(17)19-2/h3-6,8H,7H2,1-2H3,(H,15,18)/b4-3-. The maximum atomic E-state index is 11.4. The molecule has 2 rings (SSSR count). The van der Waals surface area contributed by atoms with Gasteiger partial charge in [-0.1, -0.05) is 0 Å². The summed E-state index contributed by atoms with van der Waals surface area (Å²) in [5.41, 5.74) is 0.738. The SMILES string of the molecule is CNC(=O)c1nc(/C=C\c2ccc(CC(=O)OC)s2)cs1. The predicted octanol–water partition coefficient (Wildman–Crippen LogP) is 2.45. The van der Waals surface area contributed by atoms with Crippen LogP contribution in [0.4, 0.5) is 0 Å². The molecule has 0 saturated carbocycles. The van der Waals surface area contributed by atoms with Crippen LogP contribution in [0.3, 0.4) is 0 Å². The molecule has 0 aromatic carbocycles. The van der Waals surface area contributed by atoms with Crippen molar-refractivity contribution in [3.63, 3.8) is 0 Å². The Morgan fingerprint density at radius 2 is 2.19 bits per heavy atom. The third-order valence-electron chi connectivity index (χ3n) is 2.59. The molecule has 2 heterocycles. The highest BCUT2D eigenvalue weighted by Crippen LogP contribution is 2.20. The molecule has 7 heteroatoms. The second-order valence-corrected chi connectivity index (χ2v) is 6.10. The summed E-state index contributed by atoms with van der Waals surface area (Å²) in [7, 11) is 2.96. The highest BCUT2D eigenvalue weighted by molar-refractivity contribution is 7.13. The first-order chi connectivity index (χ1) is 10.1. The molecule has 0 unspecified atom stereocenters. The minimum absolute atomic E-state index is 0.184. The van der Waals surface area contributed by atoms with Gasteiger partial charge in [-0.2, -0.15) is 0 Å². The van der Waals surface area contributed by atoms with Crippen molar-refractivity contribution in [1.82, 2.24) is 10.3 Å². The van der Waals surface area contributed by atoms with Crippen molar-refractivity contribution < 1.29 is 14.3 Å². The molecule has 0 aliphatic carbocycles. The van der Waals surface area contributed by atoms with E-state index in [-0.39, 0.29) is 18.3 Å². The highest BCUT2D eigenvalue weighted by atomic mass is 32.1. The summed E-state index contributed by atoms with van der Waals surface area (Å²) in [6.07, 6.45) is 4.04. The van der Waals surface area contributed by atoms with Crippen LogP contribution in [0.15, 0.2) is 17.5 Å². The molecule has 0 aliphatic rings. The van der Waals surface area contributed by atoms with Crippen molar-refractivity contribution in [3.8, 4) is 0 Å². The van der Waals surface area contributed by atoms with Gasteiger partial charge in [0, 0.05) is 22.2 Å². The molecule has 1 N–H and O–H groups in total. The van der Waals surface area contributed by atoms with Crippen molar-refractivity contribution in [1.29, 1.82) is 0 Å². The minimum atomic E-state index is -0.248. The molecule has 5 nitrogen and oxygen atoms in total. The third kappa shape index (κ3) is 4.24. The largest absolute Gasteiger partial charge is 0.469 e. The lowest BCUT2D eigenvalue weighted by Gasteiger charge is -1.94. The number of carbonyl (C=O) groups is 2. The zero-order valence-electron chi connectivity index (χ0n) is 11.6. The van der Waals surface area contributed by atoms with Crippen LogP contribution in [0.1, 0.15) is 25.3 Å². The monoisotopic (exact) mass is 322 g/mol. The Bertz CT molecular complexity index is 673. The maximum Gasteiger partial charge on any atom is 0.310 e. The molecule has 0 saturated heterocycles. The number of aromatic nitrogens is 1. The van der Waals surface area contributed by atoms with Crippen LogP contribution in [0.2, 0.25) is 0 Å². The fraction of sp³-hybridized carbons (Fsp3) is 0.214. The summed E-state index contributed by atoms with van der Waals surface area (Å²) in [5, 5.41) is 4.80. The Morgan fingerprint density at radius 1 is 1.38 bits per heavy atom. The van der Waals surface area contributed by atoms with E-state index in [1.165, 1.54) is 29.8 Å². The van der Waals surface area contributed by atoms with Crippen LogP contribution in [0.5, 0.6) is 0 Å². The van der Waals surface area contributed by atoms with Gasteiger partial charge < -0.3 is 10.1 Å².